The predicted octanol–water partition coefficient (Wildman–Crippen LogP) is 7.04. The molecule has 0 saturated heterocycles. The molecular formula is C23H42. The molecule has 0 aromatic carbocycles. The van der Waals surface area contributed by atoms with Crippen molar-refractivity contribution < 1.29 is 0 Å². The first-order valence-electron chi connectivity index (χ1n) is 10.9. The fourth-order valence-corrected chi connectivity index (χ4v) is 8.22. The Morgan fingerprint density at radius 1 is 0.870 bits per heavy atom. The highest BCUT2D eigenvalue weighted by atomic mass is 15.0. The number of hydrogen-bond donors (Lipinski definition) is 0. The van der Waals surface area contributed by atoms with Gasteiger partial charge >= 0.3 is 0 Å². The number of rotatable bonds is 9. The molecular weight excluding hydrogens is 276 g/mol. The van der Waals surface area contributed by atoms with Gasteiger partial charge in [-0.1, -0.05) is 81.1 Å². The molecule has 0 heteroatoms. The van der Waals surface area contributed by atoms with Crippen LogP contribution >= 0.6 is 0 Å². The van der Waals surface area contributed by atoms with E-state index in [1.165, 1.54) is 25.7 Å². The largest absolute Gasteiger partial charge is 0.0651 e. The van der Waals surface area contributed by atoms with Crippen molar-refractivity contribution >= 4 is 0 Å². The van der Waals surface area contributed by atoms with E-state index in [2.05, 4.69) is 55.4 Å². The summed E-state index contributed by atoms with van der Waals surface area (Å²) in [7, 11) is 0. The third-order valence-corrected chi connectivity index (χ3v) is 9.66. The van der Waals surface area contributed by atoms with E-state index in [9.17, 15) is 0 Å². The lowest BCUT2D eigenvalue weighted by Gasteiger charge is -2.45. The minimum absolute atomic E-state index is 0.733. The maximum atomic E-state index is 2.70. The second-order valence-electron chi connectivity index (χ2n) is 9.86. The standard InChI is InChI=1S/C23H42/c1-9-14(5)16(7)17(11-3)18(12-4)23-20-13-19(20)22(23,8)21(23)15(6)10-2/h14-21H,9-13H2,1-8H3. The minimum atomic E-state index is 0.733. The van der Waals surface area contributed by atoms with Crippen LogP contribution in [-0.4, -0.2) is 0 Å². The summed E-state index contributed by atoms with van der Waals surface area (Å²) in [6.07, 6.45) is 7.13. The molecule has 0 N–H and O–H groups in total. The van der Waals surface area contributed by atoms with Gasteiger partial charge in [-0.15, -0.1) is 0 Å². The van der Waals surface area contributed by atoms with Crippen molar-refractivity contribution in [2.75, 3.05) is 0 Å². The SMILES string of the molecule is CCC(C)C(C)C(CC)C(CC)C12C3CC3C1(C)C2C(C)CC. The van der Waals surface area contributed by atoms with Gasteiger partial charge < -0.3 is 0 Å². The zero-order chi connectivity index (χ0) is 17.2. The quantitative estimate of drug-likeness (QED) is 0.427. The summed E-state index contributed by atoms with van der Waals surface area (Å²) in [5.74, 6) is 7.94. The van der Waals surface area contributed by atoms with Gasteiger partial charge in [0.15, 0.2) is 0 Å². The van der Waals surface area contributed by atoms with Crippen molar-refractivity contribution in [3.63, 3.8) is 0 Å². The van der Waals surface area contributed by atoms with E-state index in [0.717, 1.165) is 58.2 Å². The van der Waals surface area contributed by atoms with Gasteiger partial charge in [-0.05, 0) is 64.6 Å². The van der Waals surface area contributed by atoms with Crippen molar-refractivity contribution in [2.45, 2.75) is 87.5 Å². The second-order valence-corrected chi connectivity index (χ2v) is 9.86. The van der Waals surface area contributed by atoms with Crippen molar-refractivity contribution in [2.24, 2.45) is 58.2 Å². The minimum Gasteiger partial charge on any atom is -0.0651 e. The van der Waals surface area contributed by atoms with Crippen molar-refractivity contribution in [3.8, 4) is 0 Å². The van der Waals surface area contributed by atoms with E-state index in [1.807, 2.05) is 0 Å². The number of hydrogen-bond acceptors (Lipinski definition) is 0. The van der Waals surface area contributed by atoms with Crippen LogP contribution in [0.25, 0.3) is 0 Å². The zero-order valence-corrected chi connectivity index (χ0v) is 17.2. The Labute approximate surface area is 146 Å². The molecule has 0 spiro atoms. The van der Waals surface area contributed by atoms with Crippen LogP contribution in [0.3, 0.4) is 0 Å². The van der Waals surface area contributed by atoms with Crippen LogP contribution in [0.15, 0.2) is 0 Å². The maximum Gasteiger partial charge on any atom is -0.0139 e. The first kappa shape index (κ1) is 17.8. The average molecular weight is 319 g/mol. The second kappa shape index (κ2) is 5.77. The van der Waals surface area contributed by atoms with Gasteiger partial charge in [-0.2, -0.15) is 0 Å². The van der Waals surface area contributed by atoms with E-state index in [0.29, 0.717) is 0 Å². The van der Waals surface area contributed by atoms with Crippen LogP contribution in [0.5, 0.6) is 0 Å². The first-order valence-corrected chi connectivity index (χ1v) is 10.9. The molecule has 10 atom stereocenters. The van der Waals surface area contributed by atoms with Crippen LogP contribution in [-0.2, 0) is 0 Å². The summed E-state index contributed by atoms with van der Waals surface area (Å²) in [5.41, 5.74) is 1.49. The molecule has 3 aliphatic rings. The predicted molar refractivity (Wildman–Crippen MR) is 101 cm³/mol. The molecule has 0 heterocycles. The molecule has 3 aliphatic carbocycles. The lowest BCUT2D eigenvalue weighted by atomic mass is 9.59. The molecule has 3 saturated carbocycles. The highest BCUT2D eigenvalue weighted by Crippen LogP contribution is 2.99. The lowest BCUT2D eigenvalue weighted by molar-refractivity contribution is 0.0199. The maximum absolute atomic E-state index is 2.70. The Kier molecular flexibility index (Phi) is 4.47. The Bertz CT molecular complexity index is 439. The van der Waals surface area contributed by atoms with Gasteiger partial charge in [0, 0.05) is 0 Å². The smallest absolute Gasteiger partial charge is 0.0139 e. The molecule has 0 amide bonds. The molecule has 3 fully saturated rings. The Balaban J connectivity index is 1.88. The van der Waals surface area contributed by atoms with Crippen LogP contribution in [0.1, 0.15) is 87.5 Å². The van der Waals surface area contributed by atoms with E-state index in [4.69, 9.17) is 0 Å². The van der Waals surface area contributed by atoms with Crippen LogP contribution < -0.4 is 0 Å². The van der Waals surface area contributed by atoms with Crippen LogP contribution in [0.2, 0.25) is 0 Å². The van der Waals surface area contributed by atoms with E-state index in [1.54, 1.807) is 6.42 Å². The molecule has 0 nitrogen and oxygen atoms in total. The van der Waals surface area contributed by atoms with E-state index >= 15 is 0 Å². The van der Waals surface area contributed by atoms with Gasteiger partial charge in [0.25, 0.3) is 0 Å². The van der Waals surface area contributed by atoms with Gasteiger partial charge in [0.2, 0.25) is 0 Å². The summed E-state index contributed by atoms with van der Waals surface area (Å²) in [4.78, 5) is 0. The monoisotopic (exact) mass is 318 g/mol. The molecule has 0 bridgehead atoms. The van der Waals surface area contributed by atoms with Crippen molar-refractivity contribution in [3.05, 3.63) is 0 Å². The molecule has 0 aromatic rings. The summed E-state index contributed by atoms with van der Waals surface area (Å²) in [6, 6.07) is 0. The van der Waals surface area contributed by atoms with Crippen LogP contribution in [0, 0.1) is 58.2 Å². The first-order chi connectivity index (χ1) is 10.9. The van der Waals surface area contributed by atoms with Crippen LogP contribution in [0.4, 0.5) is 0 Å². The fraction of sp³-hybridized carbons (Fsp3) is 1.00. The summed E-state index contributed by atoms with van der Waals surface area (Å²) >= 11 is 0. The molecule has 3 rings (SSSR count). The van der Waals surface area contributed by atoms with Gasteiger partial charge in [0.05, 0.1) is 0 Å². The van der Waals surface area contributed by atoms with E-state index < -0.39 is 0 Å². The molecule has 0 radical (unpaired) electrons. The number of fused-ring (bicyclic) bond motifs is 4. The average Bonchev–Trinajstić information content (AvgIpc) is 3.42. The highest BCUT2D eigenvalue weighted by molar-refractivity contribution is 5.42. The Hall–Kier alpha value is 0. The normalized spacial score (nSPS) is 46.7. The molecule has 134 valence electrons. The molecule has 23 heavy (non-hydrogen) atoms. The van der Waals surface area contributed by atoms with Gasteiger partial charge in [-0.3, -0.25) is 0 Å². The molecule has 10 unspecified atom stereocenters. The Morgan fingerprint density at radius 3 is 2.00 bits per heavy atom. The summed E-state index contributed by atoms with van der Waals surface area (Å²) < 4.78 is 0. The zero-order valence-electron chi connectivity index (χ0n) is 17.2. The topological polar surface area (TPSA) is 0 Å². The van der Waals surface area contributed by atoms with Gasteiger partial charge in [-0.25, -0.2) is 0 Å². The fourth-order valence-electron chi connectivity index (χ4n) is 8.22. The van der Waals surface area contributed by atoms with Gasteiger partial charge in [0.1, 0.15) is 0 Å². The molecule has 0 aromatic heterocycles. The van der Waals surface area contributed by atoms with Crippen molar-refractivity contribution in [1.29, 1.82) is 0 Å². The van der Waals surface area contributed by atoms with Crippen molar-refractivity contribution in [1.82, 2.24) is 0 Å². The third-order valence-electron chi connectivity index (χ3n) is 9.66. The summed E-state index contributed by atoms with van der Waals surface area (Å²) in [6.45, 7) is 20.1. The lowest BCUT2D eigenvalue weighted by Crippen LogP contribution is -2.40. The summed E-state index contributed by atoms with van der Waals surface area (Å²) in [5, 5.41) is 0. The highest BCUT2D eigenvalue weighted by Gasteiger charge is 2.95. The third kappa shape index (κ3) is 1.96. The Morgan fingerprint density at radius 2 is 1.52 bits per heavy atom. The molecule has 0 aliphatic heterocycles. The van der Waals surface area contributed by atoms with E-state index in [-0.39, 0.29) is 0 Å².